The summed E-state index contributed by atoms with van der Waals surface area (Å²) < 4.78 is 33.8. The Kier molecular flexibility index (Phi) is 4.66. The third-order valence-electron chi connectivity index (χ3n) is 6.22. The number of fused-ring (bicyclic) bond motifs is 5. The molecule has 29 heavy (non-hydrogen) atoms. The number of ether oxygens (including phenoxy) is 6. The van der Waals surface area contributed by atoms with E-state index in [1.807, 2.05) is 0 Å². The molecule has 4 fully saturated rings. The van der Waals surface area contributed by atoms with Crippen LogP contribution < -0.4 is 0 Å². The van der Waals surface area contributed by atoms with E-state index in [1.54, 1.807) is 6.08 Å². The molecule has 0 amide bonds. The van der Waals surface area contributed by atoms with E-state index in [0.29, 0.717) is 5.57 Å². The molecule has 160 valence electrons. The minimum atomic E-state index is -1.42. The zero-order valence-corrected chi connectivity index (χ0v) is 15.5. The fourth-order valence-corrected chi connectivity index (χ4v) is 4.91. The number of carbonyl (C=O) groups excluding carboxylic acids is 2. The minimum absolute atomic E-state index is 0.00156. The Balaban J connectivity index is 1.47. The van der Waals surface area contributed by atoms with Gasteiger partial charge in [0.15, 0.2) is 18.9 Å². The summed E-state index contributed by atoms with van der Waals surface area (Å²) >= 11 is 0. The molecule has 0 aromatic rings. The second-order valence-electron chi connectivity index (χ2n) is 7.87. The summed E-state index contributed by atoms with van der Waals surface area (Å²) in [7, 11) is 0. The number of aliphatic hydroxyl groups is 3. The molecule has 4 heterocycles. The highest BCUT2D eigenvalue weighted by atomic mass is 16.8. The first-order chi connectivity index (χ1) is 13.9. The van der Waals surface area contributed by atoms with Gasteiger partial charge in [-0.3, -0.25) is 9.59 Å². The Labute approximate surface area is 165 Å². The standard InChI is InChI=1S/C18H22O11/c1-5(20)24-4-6-2-7-10-9(6)16-28-17(11(10)15(23)25-7)27-14-13(22)12(21)8(3-19)26-18(14)29-16/h2,7-14,16-19,21-22H,3-4H2,1H3/t7-,8+,9+,10-,11+,12+,13-,14+,16-,17-,18-/m0/s1. The summed E-state index contributed by atoms with van der Waals surface area (Å²) in [6, 6.07) is 0. The molecule has 0 unspecified atom stereocenters. The first-order valence-corrected chi connectivity index (χ1v) is 9.52. The molecule has 0 aromatic carbocycles. The van der Waals surface area contributed by atoms with Gasteiger partial charge in [-0.1, -0.05) is 0 Å². The van der Waals surface area contributed by atoms with Crippen LogP contribution in [0.1, 0.15) is 6.92 Å². The lowest BCUT2D eigenvalue weighted by atomic mass is 9.79. The number of aliphatic hydroxyl groups excluding tert-OH is 3. The van der Waals surface area contributed by atoms with Gasteiger partial charge < -0.3 is 43.7 Å². The molecule has 0 spiro atoms. The Hall–Kier alpha value is -1.60. The molecule has 5 aliphatic rings. The summed E-state index contributed by atoms with van der Waals surface area (Å²) in [5.41, 5.74) is 0.699. The average Bonchev–Trinajstić information content (AvgIpc) is 3.14. The van der Waals surface area contributed by atoms with Gasteiger partial charge in [0.05, 0.1) is 6.61 Å². The van der Waals surface area contributed by atoms with Crippen molar-refractivity contribution in [1.82, 2.24) is 0 Å². The molecule has 2 bridgehead atoms. The highest BCUT2D eigenvalue weighted by Gasteiger charge is 2.65. The smallest absolute Gasteiger partial charge is 0.315 e. The van der Waals surface area contributed by atoms with Gasteiger partial charge in [0.2, 0.25) is 0 Å². The van der Waals surface area contributed by atoms with E-state index in [0.717, 1.165) is 0 Å². The molecular weight excluding hydrogens is 392 g/mol. The van der Waals surface area contributed by atoms with Crippen LogP contribution in [0.25, 0.3) is 0 Å². The molecule has 0 aromatic heterocycles. The third kappa shape index (κ3) is 2.92. The maximum absolute atomic E-state index is 12.5. The summed E-state index contributed by atoms with van der Waals surface area (Å²) in [5.74, 6) is -2.50. The first-order valence-electron chi connectivity index (χ1n) is 9.52. The van der Waals surface area contributed by atoms with Gasteiger partial charge >= 0.3 is 11.9 Å². The van der Waals surface area contributed by atoms with Crippen LogP contribution in [0, 0.1) is 17.8 Å². The Morgan fingerprint density at radius 1 is 1.07 bits per heavy atom. The summed E-state index contributed by atoms with van der Waals surface area (Å²) in [6.07, 6.45) is -6.91. The first kappa shape index (κ1) is 19.4. The molecule has 3 N–H and O–H groups in total. The van der Waals surface area contributed by atoms with Gasteiger partial charge in [0.25, 0.3) is 0 Å². The molecule has 11 nitrogen and oxygen atoms in total. The molecule has 11 heteroatoms. The highest BCUT2D eigenvalue weighted by molar-refractivity contribution is 5.77. The van der Waals surface area contributed by atoms with Crippen molar-refractivity contribution in [2.24, 2.45) is 17.8 Å². The molecule has 11 atom stereocenters. The number of rotatable bonds is 3. The van der Waals surface area contributed by atoms with Crippen molar-refractivity contribution in [3.8, 4) is 0 Å². The molecule has 1 aliphatic carbocycles. The predicted molar refractivity (Wildman–Crippen MR) is 87.4 cm³/mol. The number of esters is 2. The van der Waals surface area contributed by atoms with Crippen LogP contribution in [0.2, 0.25) is 0 Å². The van der Waals surface area contributed by atoms with Gasteiger partial charge in [-0.15, -0.1) is 0 Å². The maximum atomic E-state index is 12.5. The van der Waals surface area contributed by atoms with Crippen molar-refractivity contribution in [2.75, 3.05) is 13.2 Å². The molecular formula is C18H22O11. The zero-order valence-electron chi connectivity index (χ0n) is 15.5. The van der Waals surface area contributed by atoms with Crippen LogP contribution in [0.15, 0.2) is 11.6 Å². The lowest BCUT2D eigenvalue weighted by molar-refractivity contribution is -0.318. The van der Waals surface area contributed by atoms with Crippen LogP contribution in [0.4, 0.5) is 0 Å². The SMILES string of the molecule is CC(=O)OCC1=C[C@@H]2OC(=O)[C@@H]3[C@@H]4O[C@@H](O[C@@H]5O[C@H](CO)[C@@H](O)[C@H](O)[C@H]5O4)[C@H]1[C@@H]32. The predicted octanol–water partition coefficient (Wildman–Crippen LogP) is -2.20. The lowest BCUT2D eigenvalue weighted by Crippen LogP contribution is -2.60. The Bertz CT molecular complexity index is 737. The number of hydrogen-bond donors (Lipinski definition) is 3. The molecule has 4 saturated heterocycles. The van der Waals surface area contributed by atoms with E-state index < -0.39 is 79.8 Å². The van der Waals surface area contributed by atoms with Crippen LogP contribution in [0.5, 0.6) is 0 Å². The molecule has 5 rings (SSSR count). The van der Waals surface area contributed by atoms with Gasteiger partial charge in [0, 0.05) is 18.8 Å². The molecule has 4 aliphatic heterocycles. The van der Waals surface area contributed by atoms with Crippen LogP contribution in [0.3, 0.4) is 0 Å². The maximum Gasteiger partial charge on any atom is 0.315 e. The largest absolute Gasteiger partial charge is 0.461 e. The summed E-state index contributed by atoms with van der Waals surface area (Å²) in [5, 5.41) is 30.0. The van der Waals surface area contributed by atoms with E-state index in [-0.39, 0.29) is 12.5 Å². The van der Waals surface area contributed by atoms with Crippen molar-refractivity contribution >= 4 is 11.9 Å². The molecule has 0 radical (unpaired) electrons. The van der Waals surface area contributed by atoms with Crippen molar-refractivity contribution < 1.29 is 53.3 Å². The van der Waals surface area contributed by atoms with Gasteiger partial charge in [-0.25, -0.2) is 0 Å². The number of carbonyl (C=O) groups is 2. The zero-order chi connectivity index (χ0) is 20.4. The fourth-order valence-electron chi connectivity index (χ4n) is 4.91. The van der Waals surface area contributed by atoms with Crippen molar-refractivity contribution in [3.05, 3.63) is 11.6 Å². The quantitative estimate of drug-likeness (QED) is 0.341. The van der Waals surface area contributed by atoms with Crippen LogP contribution >= 0.6 is 0 Å². The highest BCUT2D eigenvalue weighted by Crippen LogP contribution is 2.53. The molecule has 0 saturated carbocycles. The Morgan fingerprint density at radius 2 is 1.79 bits per heavy atom. The van der Waals surface area contributed by atoms with E-state index in [4.69, 9.17) is 28.4 Å². The minimum Gasteiger partial charge on any atom is -0.461 e. The van der Waals surface area contributed by atoms with Crippen molar-refractivity contribution in [2.45, 2.75) is 56.3 Å². The van der Waals surface area contributed by atoms with Gasteiger partial charge in [-0.05, 0) is 11.6 Å². The van der Waals surface area contributed by atoms with Gasteiger partial charge in [-0.2, -0.15) is 0 Å². The van der Waals surface area contributed by atoms with E-state index in [1.165, 1.54) is 6.92 Å². The summed E-state index contributed by atoms with van der Waals surface area (Å²) in [6.45, 7) is 0.771. The van der Waals surface area contributed by atoms with Gasteiger partial charge in [0.1, 0.15) is 43.0 Å². The number of hydrogen-bond acceptors (Lipinski definition) is 11. The van der Waals surface area contributed by atoms with E-state index >= 15 is 0 Å². The van der Waals surface area contributed by atoms with Crippen molar-refractivity contribution in [1.29, 1.82) is 0 Å². The van der Waals surface area contributed by atoms with Crippen molar-refractivity contribution in [3.63, 3.8) is 0 Å². The van der Waals surface area contributed by atoms with E-state index in [2.05, 4.69) is 0 Å². The lowest BCUT2D eigenvalue weighted by Gasteiger charge is -2.41. The second-order valence-corrected chi connectivity index (χ2v) is 7.87. The van der Waals surface area contributed by atoms with Crippen LogP contribution in [-0.4, -0.2) is 89.9 Å². The van der Waals surface area contributed by atoms with E-state index in [9.17, 15) is 24.9 Å². The second kappa shape index (κ2) is 6.98. The fraction of sp³-hybridized carbons (Fsp3) is 0.778. The topological polar surface area (TPSA) is 150 Å². The summed E-state index contributed by atoms with van der Waals surface area (Å²) in [4.78, 5) is 23.7. The van der Waals surface area contributed by atoms with Crippen LogP contribution in [-0.2, 0) is 38.0 Å². The average molecular weight is 414 g/mol. The Morgan fingerprint density at radius 3 is 2.52 bits per heavy atom. The normalized spacial score (nSPS) is 50.1. The monoisotopic (exact) mass is 414 g/mol. The third-order valence-corrected chi connectivity index (χ3v) is 6.22.